The number of rotatable bonds is 4. The van der Waals surface area contributed by atoms with E-state index < -0.39 is 0 Å². The van der Waals surface area contributed by atoms with E-state index in [0.29, 0.717) is 23.0 Å². The third-order valence-corrected chi connectivity index (χ3v) is 3.13. The number of carbonyl (C=O) groups is 1. The average molecular weight is 282 g/mol. The van der Waals surface area contributed by atoms with E-state index in [2.05, 4.69) is 5.32 Å². The van der Waals surface area contributed by atoms with Gasteiger partial charge < -0.3 is 14.5 Å². The Balaban J connectivity index is 2.30. The summed E-state index contributed by atoms with van der Waals surface area (Å²) in [7, 11) is 1.59. The zero-order chi connectivity index (χ0) is 14.0. The number of ether oxygens (including phenoxy) is 1. The highest BCUT2D eigenvalue weighted by atomic mass is 35.5. The fourth-order valence-electron chi connectivity index (χ4n) is 1.99. The van der Waals surface area contributed by atoms with Gasteiger partial charge >= 0.3 is 0 Å². The molecule has 0 spiro atoms. The summed E-state index contributed by atoms with van der Waals surface area (Å²) in [5, 5.41) is 4.30. The number of methoxy groups -OCH3 is 1. The molecule has 102 valence electrons. The monoisotopic (exact) mass is 281 g/mol. The first-order chi connectivity index (χ1) is 9.02. The van der Waals surface area contributed by atoms with Crippen LogP contribution in [-0.4, -0.2) is 25.7 Å². The van der Waals surface area contributed by atoms with Crippen LogP contribution in [0.25, 0.3) is 11.0 Å². The van der Waals surface area contributed by atoms with E-state index in [1.54, 1.807) is 25.3 Å². The standard InChI is InChI=1S/C14H16ClNO3/c1-8(7-18-3)16-14(17)13-9(2)11-6-10(15)4-5-12(11)19-13/h4-6,8H,7H2,1-3H3,(H,16,17). The Hall–Kier alpha value is -1.52. The average Bonchev–Trinajstić information content (AvgIpc) is 2.67. The van der Waals surface area contributed by atoms with Gasteiger partial charge in [-0.05, 0) is 32.0 Å². The van der Waals surface area contributed by atoms with Crippen LogP contribution in [0.3, 0.4) is 0 Å². The number of amides is 1. The molecule has 1 amide bonds. The molecule has 0 saturated heterocycles. The van der Waals surface area contributed by atoms with Crippen molar-refractivity contribution in [2.45, 2.75) is 19.9 Å². The van der Waals surface area contributed by atoms with Crippen LogP contribution in [0.1, 0.15) is 23.0 Å². The van der Waals surface area contributed by atoms with Crippen LogP contribution in [0.4, 0.5) is 0 Å². The van der Waals surface area contributed by atoms with Crippen molar-refractivity contribution in [1.29, 1.82) is 0 Å². The van der Waals surface area contributed by atoms with E-state index >= 15 is 0 Å². The van der Waals surface area contributed by atoms with Crippen molar-refractivity contribution in [3.05, 3.63) is 34.5 Å². The summed E-state index contributed by atoms with van der Waals surface area (Å²) in [6, 6.07) is 5.22. The molecule has 1 heterocycles. The molecule has 0 aliphatic rings. The lowest BCUT2D eigenvalue weighted by Gasteiger charge is -2.11. The molecular weight excluding hydrogens is 266 g/mol. The molecule has 5 heteroatoms. The molecule has 19 heavy (non-hydrogen) atoms. The van der Waals surface area contributed by atoms with E-state index in [9.17, 15) is 4.79 Å². The number of benzene rings is 1. The SMILES string of the molecule is COCC(C)NC(=O)c1oc2ccc(Cl)cc2c1C. The molecule has 0 radical (unpaired) electrons. The Labute approximate surface area is 116 Å². The molecule has 0 aliphatic heterocycles. The highest BCUT2D eigenvalue weighted by Crippen LogP contribution is 2.27. The molecular formula is C14H16ClNO3. The van der Waals surface area contributed by atoms with Gasteiger partial charge in [0.15, 0.2) is 5.76 Å². The van der Waals surface area contributed by atoms with Crippen molar-refractivity contribution in [3.8, 4) is 0 Å². The number of hydrogen-bond donors (Lipinski definition) is 1. The van der Waals surface area contributed by atoms with E-state index in [0.717, 1.165) is 10.9 Å². The fraction of sp³-hybridized carbons (Fsp3) is 0.357. The van der Waals surface area contributed by atoms with Crippen LogP contribution in [0, 0.1) is 6.92 Å². The summed E-state index contributed by atoms with van der Waals surface area (Å²) in [6.45, 7) is 4.17. The second kappa shape index (κ2) is 5.63. The summed E-state index contributed by atoms with van der Waals surface area (Å²) < 4.78 is 10.6. The van der Waals surface area contributed by atoms with Crippen LogP contribution < -0.4 is 5.32 Å². The first-order valence-corrected chi connectivity index (χ1v) is 6.39. The minimum absolute atomic E-state index is 0.0753. The fourth-order valence-corrected chi connectivity index (χ4v) is 2.16. The summed E-state index contributed by atoms with van der Waals surface area (Å²) >= 11 is 5.95. The van der Waals surface area contributed by atoms with Crippen molar-refractivity contribution in [1.82, 2.24) is 5.32 Å². The smallest absolute Gasteiger partial charge is 0.287 e. The Morgan fingerprint density at radius 3 is 2.95 bits per heavy atom. The van der Waals surface area contributed by atoms with Crippen molar-refractivity contribution >= 4 is 28.5 Å². The molecule has 0 fully saturated rings. The van der Waals surface area contributed by atoms with Gasteiger partial charge in [-0.25, -0.2) is 0 Å². The predicted octanol–water partition coefficient (Wildman–Crippen LogP) is 3.16. The van der Waals surface area contributed by atoms with E-state index in [4.69, 9.17) is 20.8 Å². The van der Waals surface area contributed by atoms with Crippen LogP contribution in [0.15, 0.2) is 22.6 Å². The quantitative estimate of drug-likeness (QED) is 0.936. The minimum Gasteiger partial charge on any atom is -0.451 e. The molecule has 1 aromatic heterocycles. The molecule has 0 bridgehead atoms. The summed E-state index contributed by atoms with van der Waals surface area (Å²) in [5.74, 6) is 0.0783. The molecule has 1 atom stereocenters. The maximum absolute atomic E-state index is 12.1. The molecule has 1 N–H and O–H groups in total. The third-order valence-electron chi connectivity index (χ3n) is 2.90. The van der Waals surface area contributed by atoms with Crippen molar-refractivity contribution in [2.24, 2.45) is 0 Å². The highest BCUT2D eigenvalue weighted by molar-refractivity contribution is 6.31. The third kappa shape index (κ3) is 2.91. The van der Waals surface area contributed by atoms with Gasteiger partial charge in [-0.2, -0.15) is 0 Å². The summed E-state index contributed by atoms with van der Waals surface area (Å²) in [6.07, 6.45) is 0. The Kier molecular flexibility index (Phi) is 4.12. The molecule has 0 aliphatic carbocycles. The lowest BCUT2D eigenvalue weighted by molar-refractivity contribution is 0.0879. The van der Waals surface area contributed by atoms with Crippen LogP contribution in [-0.2, 0) is 4.74 Å². The molecule has 1 unspecified atom stereocenters. The largest absolute Gasteiger partial charge is 0.451 e. The van der Waals surface area contributed by atoms with Gasteiger partial charge in [-0.1, -0.05) is 11.6 Å². The Morgan fingerprint density at radius 2 is 2.26 bits per heavy atom. The number of halogens is 1. The number of furan rings is 1. The Bertz CT molecular complexity index is 606. The van der Waals surface area contributed by atoms with Gasteiger partial charge in [0.25, 0.3) is 5.91 Å². The first kappa shape index (κ1) is 13.9. The second-order valence-corrected chi connectivity index (χ2v) is 4.96. The van der Waals surface area contributed by atoms with Gasteiger partial charge in [-0.3, -0.25) is 4.79 Å². The van der Waals surface area contributed by atoms with Gasteiger partial charge in [0.1, 0.15) is 5.58 Å². The van der Waals surface area contributed by atoms with Crippen LogP contribution in [0.2, 0.25) is 5.02 Å². The highest BCUT2D eigenvalue weighted by Gasteiger charge is 2.19. The van der Waals surface area contributed by atoms with Crippen molar-refractivity contribution in [3.63, 3.8) is 0 Å². The summed E-state index contributed by atoms with van der Waals surface area (Å²) in [4.78, 5) is 12.1. The normalized spacial score (nSPS) is 12.6. The molecule has 2 aromatic rings. The summed E-state index contributed by atoms with van der Waals surface area (Å²) in [5.41, 5.74) is 1.45. The molecule has 0 saturated carbocycles. The first-order valence-electron chi connectivity index (χ1n) is 6.01. The number of carbonyl (C=O) groups excluding carboxylic acids is 1. The van der Waals surface area contributed by atoms with Gasteiger partial charge in [0.05, 0.1) is 6.61 Å². The van der Waals surface area contributed by atoms with Gasteiger partial charge in [0.2, 0.25) is 0 Å². The van der Waals surface area contributed by atoms with Crippen LogP contribution in [0.5, 0.6) is 0 Å². The van der Waals surface area contributed by atoms with E-state index in [1.165, 1.54) is 0 Å². The van der Waals surface area contributed by atoms with Gasteiger partial charge in [-0.15, -0.1) is 0 Å². The van der Waals surface area contributed by atoms with E-state index in [-0.39, 0.29) is 11.9 Å². The molecule has 4 nitrogen and oxygen atoms in total. The number of fused-ring (bicyclic) bond motifs is 1. The zero-order valence-electron chi connectivity index (χ0n) is 11.1. The topological polar surface area (TPSA) is 51.5 Å². The predicted molar refractivity (Wildman–Crippen MR) is 74.8 cm³/mol. The van der Waals surface area contributed by atoms with Crippen molar-refractivity contribution in [2.75, 3.05) is 13.7 Å². The lowest BCUT2D eigenvalue weighted by Crippen LogP contribution is -2.35. The van der Waals surface area contributed by atoms with Crippen LogP contribution >= 0.6 is 11.6 Å². The Morgan fingerprint density at radius 1 is 1.53 bits per heavy atom. The van der Waals surface area contributed by atoms with E-state index in [1.807, 2.05) is 13.8 Å². The number of nitrogens with one attached hydrogen (secondary N) is 1. The maximum atomic E-state index is 12.1. The number of aryl methyl sites for hydroxylation is 1. The van der Waals surface area contributed by atoms with Gasteiger partial charge in [0, 0.05) is 29.1 Å². The van der Waals surface area contributed by atoms with Crippen molar-refractivity contribution < 1.29 is 13.9 Å². The minimum atomic E-state index is -0.241. The zero-order valence-corrected chi connectivity index (χ0v) is 11.9. The molecule has 2 rings (SSSR count). The lowest BCUT2D eigenvalue weighted by atomic mass is 10.1. The second-order valence-electron chi connectivity index (χ2n) is 4.53. The number of hydrogen-bond acceptors (Lipinski definition) is 3. The maximum Gasteiger partial charge on any atom is 0.287 e. The molecule has 1 aromatic carbocycles.